The fourth-order valence-corrected chi connectivity index (χ4v) is 3.27. The number of rotatable bonds is 1. The van der Waals surface area contributed by atoms with E-state index in [1.807, 2.05) is 37.3 Å². The predicted molar refractivity (Wildman–Crippen MR) is 81.7 cm³/mol. The normalized spacial score (nSPS) is 25.9. The summed E-state index contributed by atoms with van der Waals surface area (Å²) >= 11 is 2.23. The van der Waals surface area contributed by atoms with Crippen LogP contribution in [0, 0.1) is 22.3 Å². The second-order valence-electron chi connectivity index (χ2n) is 5.10. The van der Waals surface area contributed by atoms with Crippen LogP contribution in [0.15, 0.2) is 30.4 Å². The molecule has 4 heteroatoms. The first-order valence-electron chi connectivity index (χ1n) is 6.38. The van der Waals surface area contributed by atoms with E-state index in [0.29, 0.717) is 18.5 Å². The number of aryl methyl sites for hydroxylation is 1. The number of nitrogens with zero attached hydrogens (tertiary/aromatic N) is 1. The molecule has 2 unspecified atom stereocenters. The quantitative estimate of drug-likeness (QED) is 0.435. The van der Waals surface area contributed by atoms with E-state index < -0.39 is 0 Å². The molecule has 19 heavy (non-hydrogen) atoms. The lowest BCUT2D eigenvalue weighted by molar-refractivity contribution is -0.122. The summed E-state index contributed by atoms with van der Waals surface area (Å²) in [6, 6.07) is 5.73. The SMILES string of the molecule is Cc1ccc(N2C(=O)C3CC=CCC3C2=O)cc1I. The van der Waals surface area contributed by atoms with Gasteiger partial charge in [-0.1, -0.05) is 18.2 Å². The maximum atomic E-state index is 12.4. The molecule has 1 heterocycles. The highest BCUT2D eigenvalue weighted by atomic mass is 127. The van der Waals surface area contributed by atoms with E-state index in [9.17, 15) is 9.59 Å². The number of carbonyl (C=O) groups is 2. The second-order valence-corrected chi connectivity index (χ2v) is 6.26. The molecule has 0 aromatic heterocycles. The Morgan fingerprint density at radius 2 is 1.68 bits per heavy atom. The smallest absolute Gasteiger partial charge is 0.238 e. The number of fused-ring (bicyclic) bond motifs is 1. The summed E-state index contributed by atoms with van der Waals surface area (Å²) in [5.41, 5.74) is 1.86. The average Bonchev–Trinajstić information content (AvgIpc) is 2.66. The highest BCUT2D eigenvalue weighted by Gasteiger charge is 2.47. The fraction of sp³-hybridized carbons (Fsp3) is 0.333. The van der Waals surface area contributed by atoms with Crippen LogP contribution in [0.4, 0.5) is 5.69 Å². The Balaban J connectivity index is 1.99. The Kier molecular flexibility index (Phi) is 3.20. The molecule has 0 bridgehead atoms. The number of halogens is 1. The lowest BCUT2D eigenvalue weighted by Crippen LogP contribution is -2.30. The van der Waals surface area contributed by atoms with Gasteiger partial charge in [-0.2, -0.15) is 0 Å². The van der Waals surface area contributed by atoms with E-state index in [-0.39, 0.29) is 23.7 Å². The first kappa shape index (κ1) is 12.8. The largest absolute Gasteiger partial charge is 0.274 e. The van der Waals surface area contributed by atoms with Gasteiger partial charge in [0.25, 0.3) is 0 Å². The monoisotopic (exact) mass is 367 g/mol. The van der Waals surface area contributed by atoms with Crippen molar-refractivity contribution in [2.75, 3.05) is 4.90 Å². The molecule has 0 radical (unpaired) electrons. The minimum absolute atomic E-state index is 0.0426. The molecule has 1 aliphatic heterocycles. The van der Waals surface area contributed by atoms with Gasteiger partial charge in [-0.15, -0.1) is 0 Å². The van der Waals surface area contributed by atoms with Gasteiger partial charge < -0.3 is 0 Å². The maximum absolute atomic E-state index is 12.4. The summed E-state index contributed by atoms with van der Waals surface area (Å²) < 4.78 is 1.07. The van der Waals surface area contributed by atoms with E-state index in [0.717, 1.165) is 9.13 Å². The molecule has 3 nitrogen and oxygen atoms in total. The van der Waals surface area contributed by atoms with Crippen LogP contribution >= 0.6 is 22.6 Å². The molecule has 1 fully saturated rings. The Morgan fingerprint density at radius 3 is 2.21 bits per heavy atom. The zero-order valence-corrected chi connectivity index (χ0v) is 12.8. The Hall–Kier alpha value is -1.17. The summed E-state index contributed by atoms with van der Waals surface area (Å²) in [4.78, 5) is 26.2. The van der Waals surface area contributed by atoms with Crippen LogP contribution in [0.5, 0.6) is 0 Å². The topological polar surface area (TPSA) is 37.4 Å². The molecule has 3 rings (SSSR count). The zero-order valence-electron chi connectivity index (χ0n) is 10.6. The van der Waals surface area contributed by atoms with E-state index in [1.54, 1.807) is 0 Å². The van der Waals surface area contributed by atoms with Crippen molar-refractivity contribution in [3.63, 3.8) is 0 Å². The molecule has 1 aromatic rings. The number of amides is 2. The van der Waals surface area contributed by atoms with Gasteiger partial charge in [-0.3, -0.25) is 9.59 Å². The summed E-state index contributed by atoms with van der Waals surface area (Å²) in [6.07, 6.45) is 5.40. The summed E-state index contributed by atoms with van der Waals surface area (Å²) in [7, 11) is 0. The van der Waals surface area contributed by atoms with Gasteiger partial charge in [-0.25, -0.2) is 4.90 Å². The molecule has 1 aliphatic carbocycles. The number of carbonyl (C=O) groups excluding carboxylic acids is 2. The average molecular weight is 367 g/mol. The number of imide groups is 1. The third-order valence-corrected chi connectivity index (χ3v) is 5.08. The maximum Gasteiger partial charge on any atom is 0.238 e. The van der Waals surface area contributed by atoms with Gasteiger partial charge in [0.2, 0.25) is 11.8 Å². The predicted octanol–water partition coefficient (Wildman–Crippen LogP) is 3.06. The molecule has 2 amide bonds. The van der Waals surface area contributed by atoms with Crippen LogP contribution in [0.1, 0.15) is 18.4 Å². The number of allylic oxidation sites excluding steroid dienone is 2. The first-order valence-corrected chi connectivity index (χ1v) is 7.46. The van der Waals surface area contributed by atoms with Crippen LogP contribution in [0.25, 0.3) is 0 Å². The second kappa shape index (κ2) is 4.74. The molecule has 0 N–H and O–H groups in total. The van der Waals surface area contributed by atoms with Crippen molar-refractivity contribution in [1.82, 2.24) is 0 Å². The van der Waals surface area contributed by atoms with Crippen LogP contribution in [-0.4, -0.2) is 11.8 Å². The summed E-state index contributed by atoms with van der Waals surface area (Å²) in [6.45, 7) is 2.02. The zero-order chi connectivity index (χ0) is 13.6. The van der Waals surface area contributed by atoms with Crippen LogP contribution in [-0.2, 0) is 9.59 Å². The van der Waals surface area contributed by atoms with E-state index in [1.165, 1.54) is 4.90 Å². The van der Waals surface area contributed by atoms with Gasteiger partial charge >= 0.3 is 0 Å². The van der Waals surface area contributed by atoms with Crippen molar-refractivity contribution in [3.05, 3.63) is 39.5 Å². The minimum Gasteiger partial charge on any atom is -0.274 e. The Morgan fingerprint density at radius 1 is 1.11 bits per heavy atom. The molecule has 0 spiro atoms. The van der Waals surface area contributed by atoms with Crippen molar-refractivity contribution < 1.29 is 9.59 Å². The van der Waals surface area contributed by atoms with Crippen LogP contribution < -0.4 is 4.90 Å². The number of hydrogen-bond donors (Lipinski definition) is 0. The van der Waals surface area contributed by atoms with E-state index >= 15 is 0 Å². The van der Waals surface area contributed by atoms with Crippen molar-refractivity contribution in [3.8, 4) is 0 Å². The molecule has 1 saturated heterocycles. The standard InChI is InChI=1S/C15H14INO2/c1-9-6-7-10(8-13(9)16)17-14(18)11-4-2-3-5-12(11)15(17)19/h2-3,6-8,11-12H,4-5H2,1H3. The van der Waals surface area contributed by atoms with Crippen molar-refractivity contribution in [2.45, 2.75) is 19.8 Å². The number of benzene rings is 1. The highest BCUT2D eigenvalue weighted by molar-refractivity contribution is 14.1. The summed E-state index contributed by atoms with van der Waals surface area (Å²) in [5, 5.41) is 0. The van der Waals surface area contributed by atoms with Gasteiger partial charge in [0.05, 0.1) is 17.5 Å². The fourth-order valence-electron chi connectivity index (χ4n) is 2.78. The van der Waals surface area contributed by atoms with Gasteiger partial charge in [-0.05, 0) is 60.1 Å². The van der Waals surface area contributed by atoms with Gasteiger partial charge in [0.1, 0.15) is 0 Å². The molecule has 0 saturated carbocycles. The summed E-state index contributed by atoms with van der Waals surface area (Å²) in [5.74, 6) is -0.397. The van der Waals surface area contributed by atoms with E-state index in [4.69, 9.17) is 0 Å². The Labute approximate surface area is 125 Å². The van der Waals surface area contributed by atoms with Gasteiger partial charge in [0, 0.05) is 3.57 Å². The van der Waals surface area contributed by atoms with Crippen molar-refractivity contribution in [2.24, 2.45) is 11.8 Å². The molecule has 98 valence electrons. The highest BCUT2D eigenvalue weighted by Crippen LogP contribution is 2.38. The minimum atomic E-state index is -0.156. The third-order valence-electron chi connectivity index (χ3n) is 3.92. The first-order chi connectivity index (χ1) is 9.09. The van der Waals surface area contributed by atoms with Crippen molar-refractivity contribution >= 4 is 40.1 Å². The molecular weight excluding hydrogens is 353 g/mol. The number of anilines is 1. The number of hydrogen-bond acceptors (Lipinski definition) is 2. The molecule has 2 aliphatic rings. The lowest BCUT2D eigenvalue weighted by Gasteiger charge is -2.15. The van der Waals surface area contributed by atoms with Gasteiger partial charge in [0.15, 0.2) is 0 Å². The Bertz CT molecular complexity index is 568. The lowest BCUT2D eigenvalue weighted by atomic mass is 9.85. The van der Waals surface area contributed by atoms with Crippen molar-refractivity contribution in [1.29, 1.82) is 0 Å². The third kappa shape index (κ3) is 2.02. The van der Waals surface area contributed by atoms with Crippen LogP contribution in [0.3, 0.4) is 0 Å². The molecular formula is C15H14INO2. The molecule has 1 aromatic carbocycles. The molecule has 2 atom stereocenters. The van der Waals surface area contributed by atoms with Crippen LogP contribution in [0.2, 0.25) is 0 Å². The van der Waals surface area contributed by atoms with E-state index in [2.05, 4.69) is 22.6 Å².